The third kappa shape index (κ3) is 3.82. The van der Waals surface area contributed by atoms with E-state index in [9.17, 15) is 14.0 Å². The van der Waals surface area contributed by atoms with Gasteiger partial charge < -0.3 is 10.5 Å². The summed E-state index contributed by atoms with van der Waals surface area (Å²) < 4.78 is 17.9. The van der Waals surface area contributed by atoms with E-state index in [0.29, 0.717) is 16.8 Å². The zero-order chi connectivity index (χ0) is 16.1. The van der Waals surface area contributed by atoms with E-state index in [0.717, 1.165) is 0 Å². The number of carbonyl (C=O) groups excluding carboxylic acids is 2. The maximum absolute atomic E-state index is 12.8. The quantitative estimate of drug-likeness (QED) is 0.943. The van der Waals surface area contributed by atoms with Gasteiger partial charge in [0.2, 0.25) is 5.91 Å². The Hall–Kier alpha value is -2.89. The first-order chi connectivity index (χ1) is 10.5. The number of halogens is 1. The topological polar surface area (TPSA) is 72.6 Å². The lowest BCUT2D eigenvalue weighted by Crippen LogP contribution is -2.27. The molecule has 0 saturated carbocycles. The minimum Gasteiger partial charge on any atom is -0.444 e. The summed E-state index contributed by atoms with van der Waals surface area (Å²) in [6.45, 7) is 0.0267. The zero-order valence-electron chi connectivity index (χ0n) is 12.0. The van der Waals surface area contributed by atoms with E-state index in [1.165, 1.54) is 42.3 Å². The van der Waals surface area contributed by atoms with Crippen LogP contribution in [0.5, 0.6) is 0 Å². The molecule has 2 rings (SSSR count). The molecule has 2 amide bonds. The molecule has 6 heteroatoms. The molecular weight excluding hydrogens is 287 g/mol. The van der Waals surface area contributed by atoms with Crippen LogP contribution in [0.2, 0.25) is 0 Å². The Morgan fingerprint density at radius 1 is 1.18 bits per heavy atom. The lowest BCUT2D eigenvalue weighted by Gasteiger charge is -2.17. The number of amides is 2. The molecule has 0 aliphatic carbocycles. The van der Waals surface area contributed by atoms with Crippen molar-refractivity contribution in [2.75, 3.05) is 11.9 Å². The monoisotopic (exact) mass is 302 g/mol. The maximum Gasteiger partial charge on any atom is 0.414 e. The summed E-state index contributed by atoms with van der Waals surface area (Å²) in [4.78, 5) is 24.4. The Bertz CT molecular complexity index is 686. The van der Waals surface area contributed by atoms with Crippen LogP contribution in [0, 0.1) is 5.82 Å². The highest BCUT2D eigenvalue weighted by Crippen LogP contribution is 2.16. The minimum atomic E-state index is -0.592. The van der Waals surface area contributed by atoms with E-state index >= 15 is 0 Å². The number of hydrogen-bond acceptors (Lipinski definition) is 3. The van der Waals surface area contributed by atoms with E-state index in [1.54, 1.807) is 18.2 Å². The summed E-state index contributed by atoms with van der Waals surface area (Å²) in [5, 5.41) is 0. The largest absolute Gasteiger partial charge is 0.444 e. The molecule has 0 radical (unpaired) electrons. The molecule has 0 heterocycles. The van der Waals surface area contributed by atoms with Crippen molar-refractivity contribution in [3.05, 3.63) is 65.5 Å². The number of nitrogens with zero attached hydrogens (tertiary/aromatic N) is 1. The van der Waals surface area contributed by atoms with Gasteiger partial charge in [0.1, 0.15) is 12.4 Å². The summed E-state index contributed by atoms with van der Waals surface area (Å²) >= 11 is 0. The first kappa shape index (κ1) is 15.5. The molecule has 22 heavy (non-hydrogen) atoms. The van der Waals surface area contributed by atoms with Crippen LogP contribution in [-0.4, -0.2) is 19.0 Å². The highest BCUT2D eigenvalue weighted by Gasteiger charge is 2.13. The van der Waals surface area contributed by atoms with Crippen LogP contribution in [-0.2, 0) is 11.3 Å². The van der Waals surface area contributed by atoms with Crippen molar-refractivity contribution < 1.29 is 18.7 Å². The van der Waals surface area contributed by atoms with Crippen molar-refractivity contribution in [2.45, 2.75) is 6.61 Å². The SMILES string of the molecule is CN(C(=O)OCc1ccc(F)cc1)c1cccc(C(N)=O)c1. The molecule has 0 fully saturated rings. The Balaban J connectivity index is 2.01. The van der Waals surface area contributed by atoms with Crippen molar-refractivity contribution in [3.63, 3.8) is 0 Å². The second-order valence-electron chi connectivity index (χ2n) is 4.65. The Labute approximate surface area is 127 Å². The van der Waals surface area contributed by atoms with Gasteiger partial charge >= 0.3 is 6.09 Å². The molecule has 0 saturated heterocycles. The molecule has 0 aliphatic rings. The van der Waals surface area contributed by atoms with Gasteiger partial charge in [0, 0.05) is 18.3 Å². The van der Waals surface area contributed by atoms with Gasteiger partial charge in [0.15, 0.2) is 0 Å². The summed E-state index contributed by atoms with van der Waals surface area (Å²) in [5.41, 5.74) is 6.66. The van der Waals surface area contributed by atoms with Crippen LogP contribution >= 0.6 is 0 Å². The molecule has 0 unspecified atom stereocenters. The molecule has 0 aromatic heterocycles. The zero-order valence-corrected chi connectivity index (χ0v) is 12.0. The fourth-order valence-corrected chi connectivity index (χ4v) is 1.80. The van der Waals surface area contributed by atoms with Gasteiger partial charge in [0.05, 0.1) is 0 Å². The van der Waals surface area contributed by atoms with Crippen LogP contribution in [0.3, 0.4) is 0 Å². The van der Waals surface area contributed by atoms with Crippen LogP contribution in [0.4, 0.5) is 14.9 Å². The van der Waals surface area contributed by atoms with Crippen LogP contribution < -0.4 is 10.6 Å². The number of primary amides is 1. The van der Waals surface area contributed by atoms with Crippen LogP contribution in [0.1, 0.15) is 15.9 Å². The maximum atomic E-state index is 12.8. The Morgan fingerprint density at radius 3 is 2.50 bits per heavy atom. The minimum absolute atomic E-state index is 0.0267. The average Bonchev–Trinajstić information content (AvgIpc) is 2.53. The fourth-order valence-electron chi connectivity index (χ4n) is 1.80. The van der Waals surface area contributed by atoms with E-state index in [-0.39, 0.29) is 12.4 Å². The normalized spacial score (nSPS) is 10.1. The number of rotatable bonds is 4. The van der Waals surface area contributed by atoms with E-state index in [1.807, 2.05) is 0 Å². The third-order valence-electron chi connectivity index (χ3n) is 3.07. The van der Waals surface area contributed by atoms with Gasteiger partial charge in [-0.25, -0.2) is 9.18 Å². The number of carbonyl (C=O) groups is 2. The number of anilines is 1. The average molecular weight is 302 g/mol. The summed E-state index contributed by atoms with van der Waals surface area (Å²) in [6.07, 6.45) is -0.592. The fraction of sp³-hybridized carbons (Fsp3) is 0.125. The molecule has 2 aromatic carbocycles. The second kappa shape index (κ2) is 6.71. The summed E-state index contributed by atoms with van der Waals surface area (Å²) in [5.74, 6) is -0.926. The van der Waals surface area contributed by atoms with E-state index in [2.05, 4.69) is 0 Å². The lowest BCUT2D eigenvalue weighted by atomic mass is 10.2. The van der Waals surface area contributed by atoms with Gasteiger partial charge in [-0.1, -0.05) is 18.2 Å². The molecular formula is C16H15FN2O3. The summed E-state index contributed by atoms with van der Waals surface area (Å²) in [6, 6.07) is 12.0. The van der Waals surface area contributed by atoms with Gasteiger partial charge in [-0.3, -0.25) is 9.69 Å². The molecule has 0 aliphatic heterocycles. The Kier molecular flexibility index (Phi) is 4.73. The number of benzene rings is 2. The van der Waals surface area contributed by atoms with Crippen LogP contribution in [0.15, 0.2) is 48.5 Å². The first-order valence-corrected chi connectivity index (χ1v) is 6.52. The molecule has 0 spiro atoms. The second-order valence-corrected chi connectivity index (χ2v) is 4.65. The van der Waals surface area contributed by atoms with Gasteiger partial charge in [-0.2, -0.15) is 0 Å². The van der Waals surface area contributed by atoms with Crippen molar-refractivity contribution in [2.24, 2.45) is 5.73 Å². The molecule has 114 valence electrons. The van der Waals surface area contributed by atoms with Gasteiger partial charge in [-0.15, -0.1) is 0 Å². The lowest BCUT2D eigenvalue weighted by molar-refractivity contribution is 0.1000. The molecule has 2 N–H and O–H groups in total. The van der Waals surface area contributed by atoms with Gasteiger partial charge in [0.25, 0.3) is 0 Å². The predicted molar refractivity (Wildman–Crippen MR) is 79.9 cm³/mol. The van der Waals surface area contributed by atoms with Crippen molar-refractivity contribution in [1.82, 2.24) is 0 Å². The summed E-state index contributed by atoms with van der Waals surface area (Å²) in [7, 11) is 1.52. The van der Waals surface area contributed by atoms with Crippen LogP contribution in [0.25, 0.3) is 0 Å². The number of hydrogen-bond donors (Lipinski definition) is 1. The molecule has 5 nitrogen and oxygen atoms in total. The van der Waals surface area contributed by atoms with E-state index in [4.69, 9.17) is 10.5 Å². The number of nitrogens with two attached hydrogens (primary N) is 1. The van der Waals surface area contributed by atoms with E-state index < -0.39 is 12.0 Å². The smallest absolute Gasteiger partial charge is 0.414 e. The molecule has 0 atom stereocenters. The van der Waals surface area contributed by atoms with Crippen molar-refractivity contribution in [3.8, 4) is 0 Å². The predicted octanol–water partition coefficient (Wildman–Crippen LogP) is 2.70. The van der Waals surface area contributed by atoms with Crippen molar-refractivity contribution >= 4 is 17.7 Å². The van der Waals surface area contributed by atoms with Gasteiger partial charge in [-0.05, 0) is 35.9 Å². The third-order valence-corrected chi connectivity index (χ3v) is 3.07. The highest BCUT2D eigenvalue weighted by molar-refractivity contribution is 5.95. The van der Waals surface area contributed by atoms with Crippen molar-refractivity contribution in [1.29, 1.82) is 0 Å². The first-order valence-electron chi connectivity index (χ1n) is 6.52. The standard InChI is InChI=1S/C16H15FN2O3/c1-19(14-4-2-3-12(9-14)15(18)20)16(21)22-10-11-5-7-13(17)8-6-11/h2-9H,10H2,1H3,(H2,18,20). The Morgan fingerprint density at radius 2 is 1.86 bits per heavy atom. The highest BCUT2D eigenvalue weighted by atomic mass is 19.1. The molecule has 0 bridgehead atoms. The number of ether oxygens (including phenoxy) is 1. The molecule has 2 aromatic rings.